The van der Waals surface area contributed by atoms with Gasteiger partial charge in [-0.25, -0.2) is 9.59 Å². The summed E-state index contributed by atoms with van der Waals surface area (Å²) in [5, 5.41) is 8.42. The Balaban J connectivity index is 1.05. The van der Waals surface area contributed by atoms with E-state index < -0.39 is 12.2 Å². The second kappa shape index (κ2) is 16.1. The van der Waals surface area contributed by atoms with Gasteiger partial charge in [-0.3, -0.25) is 15.4 Å². The average Bonchev–Trinajstić information content (AvgIpc) is 3.01. The number of carbonyl (C=O) groups is 3. The van der Waals surface area contributed by atoms with Gasteiger partial charge in [-0.15, -0.1) is 0 Å². The Morgan fingerprint density at radius 3 is 2.31 bits per heavy atom. The molecule has 0 unspecified atom stereocenters. The molecule has 0 aliphatic carbocycles. The van der Waals surface area contributed by atoms with Crippen molar-refractivity contribution in [1.82, 2.24) is 10.2 Å². The lowest BCUT2D eigenvalue weighted by Gasteiger charge is -2.31. The first-order chi connectivity index (χ1) is 20.5. The Kier molecular flexibility index (Phi) is 11.7. The van der Waals surface area contributed by atoms with Crippen LogP contribution in [0, 0.1) is 0 Å². The number of hydrogen-bond donors (Lipinski definition) is 4. The number of nitrogens with one attached hydrogen (secondary N) is 3. The minimum Gasteiger partial charge on any atom is -0.449 e. The first-order valence-corrected chi connectivity index (χ1v) is 14.3. The molecule has 3 amide bonds. The summed E-state index contributed by atoms with van der Waals surface area (Å²) >= 11 is 0. The van der Waals surface area contributed by atoms with Crippen molar-refractivity contribution in [3.05, 3.63) is 84.4 Å². The van der Waals surface area contributed by atoms with Gasteiger partial charge in [0, 0.05) is 50.4 Å². The van der Waals surface area contributed by atoms with Gasteiger partial charge in [-0.05, 0) is 48.6 Å². The second-order valence-electron chi connectivity index (χ2n) is 10.1. The SMILES string of the molecule is NCc1ccc(NC(=O)OCCCNC(=O)CCN2CCC(OC(=O)Nc3ccccc3-c3ccccc3)CC2)cc1. The summed E-state index contributed by atoms with van der Waals surface area (Å²) in [7, 11) is 0. The number of piperidine rings is 1. The number of hydrogen-bond acceptors (Lipinski definition) is 7. The zero-order chi connectivity index (χ0) is 29.6. The smallest absolute Gasteiger partial charge is 0.411 e. The monoisotopic (exact) mass is 573 g/mol. The van der Waals surface area contributed by atoms with Gasteiger partial charge in [-0.2, -0.15) is 0 Å². The highest BCUT2D eigenvalue weighted by Gasteiger charge is 2.23. The molecule has 1 heterocycles. The van der Waals surface area contributed by atoms with Crippen molar-refractivity contribution in [2.45, 2.75) is 38.3 Å². The standard InChI is InChI=1S/C32H39N5O5/c33-23-24-11-13-26(14-12-24)35-31(39)41-22-6-18-34-30(38)17-21-37-19-15-27(16-20-37)42-32(40)36-29-10-5-4-9-28(29)25-7-2-1-3-8-25/h1-5,7-14,27H,6,15-23,33H2,(H,34,38)(H,35,39)(H,36,40). The molecule has 0 aromatic heterocycles. The van der Waals surface area contributed by atoms with Crippen LogP contribution in [-0.4, -0.2) is 61.9 Å². The maximum Gasteiger partial charge on any atom is 0.411 e. The fraction of sp³-hybridized carbons (Fsp3) is 0.344. The molecule has 1 aliphatic rings. The maximum atomic E-state index is 12.6. The maximum absolute atomic E-state index is 12.6. The van der Waals surface area contributed by atoms with Gasteiger partial charge in [-0.1, -0.05) is 60.7 Å². The van der Waals surface area contributed by atoms with Gasteiger partial charge in [0.25, 0.3) is 0 Å². The number of carbonyl (C=O) groups excluding carboxylic acids is 3. The molecule has 0 spiro atoms. The molecular weight excluding hydrogens is 534 g/mol. The van der Waals surface area contributed by atoms with Crippen LogP contribution in [-0.2, 0) is 20.8 Å². The molecule has 0 bridgehead atoms. The molecule has 1 saturated heterocycles. The highest BCUT2D eigenvalue weighted by Crippen LogP contribution is 2.28. The Labute approximate surface area is 246 Å². The summed E-state index contributed by atoms with van der Waals surface area (Å²) < 4.78 is 10.9. The van der Waals surface area contributed by atoms with Gasteiger partial charge in [0.1, 0.15) is 6.10 Å². The molecule has 0 atom stereocenters. The number of likely N-dealkylation sites (tertiary alicyclic amines) is 1. The number of ether oxygens (including phenoxy) is 2. The van der Waals surface area contributed by atoms with Crippen molar-refractivity contribution < 1.29 is 23.9 Å². The van der Waals surface area contributed by atoms with Gasteiger partial charge < -0.3 is 25.4 Å². The molecule has 1 fully saturated rings. The molecule has 4 rings (SSSR count). The van der Waals surface area contributed by atoms with Crippen molar-refractivity contribution >= 4 is 29.5 Å². The number of amides is 3. The molecule has 0 saturated carbocycles. The molecule has 3 aromatic rings. The van der Waals surface area contributed by atoms with E-state index in [1.165, 1.54) is 0 Å². The molecule has 3 aromatic carbocycles. The molecule has 0 radical (unpaired) electrons. The average molecular weight is 574 g/mol. The number of rotatable bonds is 12. The van der Waals surface area contributed by atoms with Crippen LogP contribution in [0.4, 0.5) is 21.0 Å². The Hall–Kier alpha value is -4.41. The molecular formula is C32H39N5O5. The summed E-state index contributed by atoms with van der Waals surface area (Å²) in [5.74, 6) is -0.0470. The Morgan fingerprint density at radius 1 is 0.857 bits per heavy atom. The predicted molar refractivity (Wildman–Crippen MR) is 163 cm³/mol. The van der Waals surface area contributed by atoms with E-state index in [1.807, 2.05) is 66.7 Å². The van der Waals surface area contributed by atoms with Crippen molar-refractivity contribution in [2.75, 3.05) is 43.4 Å². The first-order valence-electron chi connectivity index (χ1n) is 14.3. The normalized spacial score (nSPS) is 13.6. The topological polar surface area (TPSA) is 135 Å². The quantitative estimate of drug-likeness (QED) is 0.225. The minimum absolute atomic E-state index is 0.0470. The van der Waals surface area contributed by atoms with Gasteiger partial charge >= 0.3 is 12.2 Å². The van der Waals surface area contributed by atoms with Crippen LogP contribution in [0.1, 0.15) is 31.2 Å². The van der Waals surface area contributed by atoms with E-state index in [-0.39, 0.29) is 18.6 Å². The van der Waals surface area contributed by atoms with Gasteiger partial charge in [0.2, 0.25) is 5.91 Å². The fourth-order valence-corrected chi connectivity index (χ4v) is 4.69. The molecule has 1 aliphatic heterocycles. The number of nitrogens with two attached hydrogens (primary N) is 1. The Morgan fingerprint density at radius 2 is 1.57 bits per heavy atom. The minimum atomic E-state index is -0.538. The van der Waals surface area contributed by atoms with Crippen molar-refractivity contribution in [1.29, 1.82) is 0 Å². The molecule has 10 heteroatoms. The van der Waals surface area contributed by atoms with E-state index in [2.05, 4.69) is 20.9 Å². The summed E-state index contributed by atoms with van der Waals surface area (Å²) in [6.45, 7) is 3.21. The number of para-hydroxylation sites is 1. The van der Waals surface area contributed by atoms with Crippen LogP contribution in [0.15, 0.2) is 78.9 Å². The number of anilines is 2. The van der Waals surface area contributed by atoms with Crippen molar-refractivity contribution in [2.24, 2.45) is 5.73 Å². The summed E-state index contributed by atoms with van der Waals surface area (Å²) in [4.78, 5) is 39.0. The Bertz CT molecular complexity index is 1290. The highest BCUT2D eigenvalue weighted by molar-refractivity contribution is 5.91. The van der Waals surface area contributed by atoms with Crippen LogP contribution in [0.5, 0.6) is 0 Å². The van der Waals surface area contributed by atoms with Gasteiger partial charge in [0.05, 0.1) is 12.3 Å². The van der Waals surface area contributed by atoms with E-state index in [0.29, 0.717) is 56.7 Å². The zero-order valence-corrected chi connectivity index (χ0v) is 23.7. The highest BCUT2D eigenvalue weighted by atomic mass is 16.6. The van der Waals surface area contributed by atoms with Crippen LogP contribution in [0.2, 0.25) is 0 Å². The lowest BCUT2D eigenvalue weighted by molar-refractivity contribution is -0.121. The first kappa shape index (κ1) is 30.5. The fourth-order valence-electron chi connectivity index (χ4n) is 4.69. The van der Waals surface area contributed by atoms with Crippen LogP contribution < -0.4 is 21.7 Å². The van der Waals surface area contributed by atoms with Crippen LogP contribution >= 0.6 is 0 Å². The van der Waals surface area contributed by atoms with Crippen molar-refractivity contribution in [3.63, 3.8) is 0 Å². The van der Waals surface area contributed by atoms with Crippen LogP contribution in [0.3, 0.4) is 0 Å². The second-order valence-corrected chi connectivity index (χ2v) is 10.1. The third kappa shape index (κ3) is 9.90. The van der Waals surface area contributed by atoms with Crippen LogP contribution in [0.25, 0.3) is 11.1 Å². The lowest BCUT2D eigenvalue weighted by atomic mass is 10.0. The van der Waals surface area contributed by atoms with E-state index in [9.17, 15) is 14.4 Å². The summed E-state index contributed by atoms with van der Waals surface area (Å²) in [6, 6.07) is 24.8. The predicted octanol–water partition coefficient (Wildman–Crippen LogP) is 4.97. The zero-order valence-electron chi connectivity index (χ0n) is 23.7. The van der Waals surface area contributed by atoms with Gasteiger partial charge in [0.15, 0.2) is 0 Å². The van der Waals surface area contributed by atoms with E-state index >= 15 is 0 Å². The summed E-state index contributed by atoms with van der Waals surface area (Å²) in [5.41, 5.74) is 9.84. The van der Waals surface area contributed by atoms with Crippen molar-refractivity contribution in [3.8, 4) is 11.1 Å². The lowest BCUT2D eigenvalue weighted by Crippen LogP contribution is -2.40. The van der Waals surface area contributed by atoms with E-state index in [0.717, 1.165) is 29.8 Å². The third-order valence-corrected chi connectivity index (χ3v) is 7.02. The van der Waals surface area contributed by atoms with E-state index in [4.69, 9.17) is 15.2 Å². The molecule has 10 nitrogen and oxygen atoms in total. The molecule has 222 valence electrons. The number of benzene rings is 3. The molecule has 5 N–H and O–H groups in total. The van der Waals surface area contributed by atoms with E-state index in [1.54, 1.807) is 12.1 Å². The molecule has 42 heavy (non-hydrogen) atoms. The largest absolute Gasteiger partial charge is 0.449 e. The summed E-state index contributed by atoms with van der Waals surface area (Å²) in [6.07, 6.45) is 1.16. The third-order valence-electron chi connectivity index (χ3n) is 7.02. The number of nitrogens with zero attached hydrogens (tertiary/aromatic N) is 1.